The van der Waals surface area contributed by atoms with E-state index in [9.17, 15) is 0 Å². The molecule has 0 spiro atoms. The van der Waals surface area contributed by atoms with Crippen LogP contribution in [0.1, 0.15) is 5.56 Å². The minimum absolute atomic E-state index is 0.704. The topological polar surface area (TPSA) is 52.0 Å². The average molecular weight is 280 g/mol. The predicted octanol–water partition coefficient (Wildman–Crippen LogP) is 2.89. The molecule has 1 aromatic heterocycles. The molecule has 1 N–H and O–H groups in total. The molecular weight excluding hydrogens is 264 g/mol. The molecule has 0 bridgehead atoms. The number of methoxy groups -OCH3 is 1. The van der Waals surface area contributed by atoms with Crippen molar-refractivity contribution in [2.75, 3.05) is 12.4 Å². The average Bonchev–Trinajstić information content (AvgIpc) is 3.08. The molecule has 0 saturated heterocycles. The van der Waals surface area contributed by atoms with Crippen molar-refractivity contribution in [2.45, 2.75) is 6.54 Å². The van der Waals surface area contributed by atoms with Gasteiger partial charge in [0.15, 0.2) is 0 Å². The first-order valence-electron chi connectivity index (χ1n) is 6.67. The molecule has 0 radical (unpaired) electrons. The smallest absolute Gasteiger partial charge is 0.123 e. The van der Waals surface area contributed by atoms with E-state index in [1.165, 1.54) is 0 Å². The molecule has 5 heteroatoms. The van der Waals surface area contributed by atoms with Crippen molar-refractivity contribution in [3.63, 3.8) is 0 Å². The van der Waals surface area contributed by atoms with Crippen molar-refractivity contribution < 1.29 is 4.74 Å². The Kier molecular flexibility index (Phi) is 3.82. The van der Waals surface area contributed by atoms with E-state index in [0.717, 1.165) is 22.7 Å². The van der Waals surface area contributed by atoms with Crippen molar-refractivity contribution >= 4 is 5.69 Å². The number of anilines is 1. The lowest BCUT2D eigenvalue weighted by Gasteiger charge is -2.11. The van der Waals surface area contributed by atoms with Gasteiger partial charge in [-0.15, -0.1) is 10.2 Å². The number of nitrogens with one attached hydrogen (secondary N) is 1. The second-order valence-electron chi connectivity index (χ2n) is 4.58. The van der Waals surface area contributed by atoms with E-state index in [0.29, 0.717) is 6.54 Å². The number of benzene rings is 2. The molecule has 0 aliphatic rings. The first-order chi connectivity index (χ1) is 10.4. The van der Waals surface area contributed by atoms with Crippen molar-refractivity contribution in [2.24, 2.45) is 0 Å². The summed E-state index contributed by atoms with van der Waals surface area (Å²) in [4.78, 5) is 0. The fourth-order valence-corrected chi connectivity index (χ4v) is 2.16. The van der Waals surface area contributed by atoms with E-state index >= 15 is 0 Å². The summed E-state index contributed by atoms with van der Waals surface area (Å²) in [5.74, 6) is 0.889. The van der Waals surface area contributed by atoms with Crippen LogP contribution in [0.5, 0.6) is 5.75 Å². The lowest BCUT2D eigenvalue weighted by atomic mass is 10.2. The van der Waals surface area contributed by atoms with Gasteiger partial charge in [0.2, 0.25) is 0 Å². The van der Waals surface area contributed by atoms with Crippen LogP contribution in [-0.4, -0.2) is 21.9 Å². The summed E-state index contributed by atoms with van der Waals surface area (Å²) in [6.07, 6.45) is 3.36. The van der Waals surface area contributed by atoms with Crippen molar-refractivity contribution in [3.8, 4) is 11.4 Å². The summed E-state index contributed by atoms with van der Waals surface area (Å²) < 4.78 is 7.23. The minimum atomic E-state index is 0.704. The normalized spacial score (nSPS) is 10.3. The number of nitrogens with zero attached hydrogens (tertiary/aromatic N) is 3. The Morgan fingerprint density at radius 1 is 1.05 bits per heavy atom. The Balaban J connectivity index is 1.75. The van der Waals surface area contributed by atoms with Gasteiger partial charge < -0.3 is 10.1 Å². The van der Waals surface area contributed by atoms with Crippen LogP contribution >= 0.6 is 0 Å². The quantitative estimate of drug-likeness (QED) is 0.780. The third kappa shape index (κ3) is 3.02. The molecule has 106 valence electrons. The molecular formula is C16H16N4O. The van der Waals surface area contributed by atoms with Crippen LogP contribution in [0.4, 0.5) is 5.69 Å². The first kappa shape index (κ1) is 13.2. The highest BCUT2D eigenvalue weighted by Crippen LogP contribution is 2.20. The fourth-order valence-electron chi connectivity index (χ4n) is 2.16. The summed E-state index contributed by atoms with van der Waals surface area (Å²) in [5, 5.41) is 11.0. The molecule has 0 saturated carbocycles. The third-order valence-electron chi connectivity index (χ3n) is 3.24. The Hall–Kier alpha value is -2.82. The molecule has 0 fully saturated rings. The van der Waals surface area contributed by atoms with Gasteiger partial charge in [-0.25, -0.2) is 0 Å². The Morgan fingerprint density at radius 2 is 1.86 bits per heavy atom. The third-order valence-corrected chi connectivity index (χ3v) is 3.24. The zero-order valence-electron chi connectivity index (χ0n) is 11.7. The maximum absolute atomic E-state index is 5.36. The van der Waals surface area contributed by atoms with Gasteiger partial charge in [0.05, 0.1) is 12.8 Å². The van der Waals surface area contributed by atoms with Gasteiger partial charge >= 0.3 is 0 Å². The molecule has 0 atom stereocenters. The van der Waals surface area contributed by atoms with Crippen LogP contribution in [0.3, 0.4) is 0 Å². The SMILES string of the molecule is COc1ccccc1CNc1cccc(-n2cnnc2)c1. The lowest BCUT2D eigenvalue weighted by molar-refractivity contribution is 0.410. The molecule has 3 aromatic rings. The Bertz CT molecular complexity index is 710. The van der Waals surface area contributed by atoms with E-state index in [1.54, 1.807) is 19.8 Å². The van der Waals surface area contributed by atoms with Crippen LogP contribution in [0, 0.1) is 0 Å². The standard InChI is InChI=1S/C16H16N4O/c1-21-16-8-3-2-5-13(16)10-17-14-6-4-7-15(9-14)20-11-18-19-12-20/h2-9,11-12,17H,10H2,1H3. The Labute approximate surface area is 123 Å². The van der Waals surface area contributed by atoms with Crippen LogP contribution in [0.25, 0.3) is 5.69 Å². The highest BCUT2D eigenvalue weighted by Gasteiger charge is 2.02. The molecule has 1 heterocycles. The number of hydrogen-bond donors (Lipinski definition) is 1. The number of ether oxygens (including phenoxy) is 1. The summed E-state index contributed by atoms with van der Waals surface area (Å²) in [7, 11) is 1.69. The van der Waals surface area contributed by atoms with Crippen LogP contribution in [0.15, 0.2) is 61.2 Å². The monoisotopic (exact) mass is 280 g/mol. The summed E-state index contributed by atoms with van der Waals surface area (Å²) in [6.45, 7) is 0.704. The molecule has 3 rings (SSSR count). The first-order valence-corrected chi connectivity index (χ1v) is 6.67. The number of para-hydroxylation sites is 1. The number of aromatic nitrogens is 3. The van der Waals surface area contributed by atoms with Gasteiger partial charge in [0, 0.05) is 17.8 Å². The molecule has 2 aromatic carbocycles. The molecule has 0 aliphatic heterocycles. The second-order valence-corrected chi connectivity index (χ2v) is 4.58. The van der Waals surface area contributed by atoms with Gasteiger partial charge in [-0.3, -0.25) is 4.57 Å². The van der Waals surface area contributed by atoms with Crippen molar-refractivity contribution in [1.82, 2.24) is 14.8 Å². The molecule has 0 unspecified atom stereocenters. The number of rotatable bonds is 5. The van der Waals surface area contributed by atoms with Crippen molar-refractivity contribution in [1.29, 1.82) is 0 Å². The van der Waals surface area contributed by atoms with Crippen LogP contribution in [0.2, 0.25) is 0 Å². The van der Waals surface area contributed by atoms with Gasteiger partial charge in [0.25, 0.3) is 0 Å². The summed E-state index contributed by atoms with van der Waals surface area (Å²) in [5.41, 5.74) is 3.17. The number of hydrogen-bond acceptors (Lipinski definition) is 4. The zero-order valence-corrected chi connectivity index (χ0v) is 11.7. The molecule has 0 amide bonds. The van der Waals surface area contributed by atoms with Gasteiger partial charge in [-0.2, -0.15) is 0 Å². The minimum Gasteiger partial charge on any atom is -0.496 e. The van der Waals surface area contributed by atoms with E-state index < -0.39 is 0 Å². The molecule has 0 aliphatic carbocycles. The van der Waals surface area contributed by atoms with E-state index in [-0.39, 0.29) is 0 Å². The highest BCUT2D eigenvalue weighted by atomic mass is 16.5. The lowest BCUT2D eigenvalue weighted by Crippen LogP contribution is -2.02. The maximum atomic E-state index is 5.36. The van der Waals surface area contributed by atoms with Crippen molar-refractivity contribution in [3.05, 3.63) is 66.7 Å². The molecule has 21 heavy (non-hydrogen) atoms. The zero-order chi connectivity index (χ0) is 14.5. The summed E-state index contributed by atoms with van der Waals surface area (Å²) >= 11 is 0. The van der Waals surface area contributed by atoms with Crippen LogP contribution < -0.4 is 10.1 Å². The molecule has 5 nitrogen and oxygen atoms in total. The second kappa shape index (κ2) is 6.09. The van der Waals surface area contributed by atoms with Crippen LogP contribution in [-0.2, 0) is 6.54 Å². The fraction of sp³-hybridized carbons (Fsp3) is 0.125. The van der Waals surface area contributed by atoms with Gasteiger partial charge in [-0.1, -0.05) is 24.3 Å². The predicted molar refractivity (Wildman–Crippen MR) is 81.7 cm³/mol. The van der Waals surface area contributed by atoms with E-state index in [4.69, 9.17) is 4.74 Å². The largest absolute Gasteiger partial charge is 0.496 e. The van der Waals surface area contributed by atoms with E-state index in [1.807, 2.05) is 41.0 Å². The maximum Gasteiger partial charge on any atom is 0.123 e. The highest BCUT2D eigenvalue weighted by molar-refractivity contribution is 5.51. The summed E-state index contributed by atoms with van der Waals surface area (Å²) in [6, 6.07) is 16.1. The van der Waals surface area contributed by atoms with Gasteiger partial charge in [-0.05, 0) is 24.3 Å². The van der Waals surface area contributed by atoms with Gasteiger partial charge in [0.1, 0.15) is 18.4 Å². The van der Waals surface area contributed by atoms with E-state index in [2.05, 4.69) is 27.6 Å². The Morgan fingerprint density at radius 3 is 2.67 bits per heavy atom.